The summed E-state index contributed by atoms with van der Waals surface area (Å²) in [4.78, 5) is 38.8. The molecule has 8 nitrogen and oxygen atoms in total. The van der Waals surface area contributed by atoms with Gasteiger partial charge in [-0.2, -0.15) is 0 Å². The third-order valence-corrected chi connectivity index (χ3v) is 4.05. The molecule has 0 bridgehead atoms. The van der Waals surface area contributed by atoms with Crippen LogP contribution in [0.3, 0.4) is 0 Å². The summed E-state index contributed by atoms with van der Waals surface area (Å²) < 4.78 is 1.18. The first-order valence-electron chi connectivity index (χ1n) is 7.47. The van der Waals surface area contributed by atoms with Crippen molar-refractivity contribution in [3.05, 3.63) is 45.0 Å². The number of amides is 1. The summed E-state index contributed by atoms with van der Waals surface area (Å²) in [6.07, 6.45) is 5.43. The molecule has 120 valence electrons. The van der Waals surface area contributed by atoms with Gasteiger partial charge in [0.1, 0.15) is 6.54 Å². The molecular formula is C15H16N4O4. The van der Waals surface area contributed by atoms with Crippen molar-refractivity contribution < 1.29 is 9.72 Å². The van der Waals surface area contributed by atoms with Gasteiger partial charge in [-0.15, -0.1) is 0 Å². The van der Waals surface area contributed by atoms with Crippen molar-refractivity contribution in [3.63, 3.8) is 0 Å². The second-order valence-electron chi connectivity index (χ2n) is 5.69. The van der Waals surface area contributed by atoms with Crippen LogP contribution in [-0.4, -0.2) is 26.4 Å². The predicted octanol–water partition coefficient (Wildman–Crippen LogP) is 1.36. The largest absolute Gasteiger partial charge is 0.352 e. The van der Waals surface area contributed by atoms with E-state index in [9.17, 15) is 19.7 Å². The topological polar surface area (TPSA) is 107 Å². The highest BCUT2D eigenvalue weighted by molar-refractivity contribution is 5.81. The lowest BCUT2D eigenvalue weighted by Crippen LogP contribution is -2.37. The predicted molar refractivity (Wildman–Crippen MR) is 83.1 cm³/mol. The lowest BCUT2D eigenvalue weighted by Gasteiger charge is -2.12. The van der Waals surface area contributed by atoms with E-state index < -0.39 is 10.5 Å². The third-order valence-electron chi connectivity index (χ3n) is 4.05. The highest BCUT2D eigenvalue weighted by atomic mass is 16.6. The second kappa shape index (κ2) is 6.15. The molecule has 1 heterocycles. The van der Waals surface area contributed by atoms with Crippen LogP contribution in [0.25, 0.3) is 10.9 Å². The van der Waals surface area contributed by atoms with Crippen LogP contribution in [0.1, 0.15) is 25.7 Å². The molecule has 0 unspecified atom stereocenters. The van der Waals surface area contributed by atoms with Gasteiger partial charge >= 0.3 is 0 Å². The van der Waals surface area contributed by atoms with Crippen molar-refractivity contribution in [1.29, 1.82) is 0 Å². The average Bonchev–Trinajstić information content (AvgIpc) is 3.02. The minimum atomic E-state index is -0.566. The molecule has 1 aliphatic rings. The van der Waals surface area contributed by atoms with E-state index in [1.807, 2.05) is 0 Å². The lowest BCUT2D eigenvalue weighted by atomic mass is 10.2. The molecular weight excluding hydrogens is 300 g/mol. The Balaban J connectivity index is 1.85. The first kappa shape index (κ1) is 15.1. The van der Waals surface area contributed by atoms with Crippen LogP contribution in [0.4, 0.5) is 5.69 Å². The fraction of sp³-hybridized carbons (Fsp3) is 0.400. The normalized spacial score (nSPS) is 15.0. The van der Waals surface area contributed by atoms with Crippen molar-refractivity contribution >= 4 is 22.5 Å². The molecule has 1 amide bonds. The molecule has 0 spiro atoms. The summed E-state index contributed by atoms with van der Waals surface area (Å²) in [6, 6.07) is 4.09. The quantitative estimate of drug-likeness (QED) is 0.677. The standard InChI is InChI=1S/C15H16N4O4/c20-14(17-10-3-1-2-4-10)8-18-9-16-13-6-5-11(19(22)23)7-12(13)15(18)21/h5-7,9-10H,1-4,8H2,(H,17,20). The number of carbonyl (C=O) groups is 1. The number of hydrogen-bond donors (Lipinski definition) is 1. The summed E-state index contributed by atoms with van der Waals surface area (Å²) in [5.41, 5.74) is -0.266. The van der Waals surface area contributed by atoms with Crippen LogP contribution in [0.15, 0.2) is 29.3 Å². The van der Waals surface area contributed by atoms with Crippen LogP contribution in [0.2, 0.25) is 0 Å². The number of nitro groups is 1. The number of benzene rings is 1. The Morgan fingerprint density at radius 2 is 2.13 bits per heavy atom. The molecule has 1 aromatic heterocycles. The second-order valence-corrected chi connectivity index (χ2v) is 5.69. The number of hydrogen-bond acceptors (Lipinski definition) is 5. The lowest BCUT2D eigenvalue weighted by molar-refractivity contribution is -0.384. The van der Waals surface area contributed by atoms with E-state index in [0.29, 0.717) is 5.52 Å². The van der Waals surface area contributed by atoms with E-state index >= 15 is 0 Å². The average molecular weight is 316 g/mol. The summed E-state index contributed by atoms with van der Waals surface area (Å²) >= 11 is 0. The molecule has 1 aromatic carbocycles. The van der Waals surface area contributed by atoms with Crippen molar-refractivity contribution in [2.75, 3.05) is 0 Å². The maximum Gasteiger partial charge on any atom is 0.270 e. The van der Waals surface area contributed by atoms with Crippen molar-refractivity contribution in [2.45, 2.75) is 38.3 Å². The SMILES string of the molecule is O=C(Cn1cnc2ccc([N+](=O)[O-])cc2c1=O)NC1CCCC1. The van der Waals surface area contributed by atoms with Gasteiger partial charge in [0.15, 0.2) is 0 Å². The zero-order valence-corrected chi connectivity index (χ0v) is 12.4. The molecule has 8 heteroatoms. The van der Waals surface area contributed by atoms with E-state index in [1.165, 1.54) is 29.1 Å². The van der Waals surface area contributed by atoms with Gasteiger partial charge in [0, 0.05) is 18.2 Å². The molecule has 1 N–H and O–H groups in total. The Kier molecular flexibility index (Phi) is 4.05. The molecule has 23 heavy (non-hydrogen) atoms. The molecule has 1 aliphatic carbocycles. The maximum atomic E-state index is 12.4. The van der Waals surface area contributed by atoms with E-state index in [-0.39, 0.29) is 29.6 Å². The monoisotopic (exact) mass is 316 g/mol. The Hall–Kier alpha value is -2.77. The van der Waals surface area contributed by atoms with Gasteiger partial charge < -0.3 is 5.32 Å². The first-order valence-corrected chi connectivity index (χ1v) is 7.47. The van der Waals surface area contributed by atoms with Crippen LogP contribution in [-0.2, 0) is 11.3 Å². The number of fused-ring (bicyclic) bond motifs is 1. The van der Waals surface area contributed by atoms with E-state index in [1.54, 1.807) is 0 Å². The van der Waals surface area contributed by atoms with E-state index in [2.05, 4.69) is 10.3 Å². The zero-order valence-electron chi connectivity index (χ0n) is 12.4. The molecule has 2 aromatic rings. The van der Waals surface area contributed by atoms with E-state index in [0.717, 1.165) is 25.7 Å². The molecule has 0 saturated heterocycles. The Morgan fingerprint density at radius 1 is 1.39 bits per heavy atom. The highest BCUT2D eigenvalue weighted by Gasteiger charge is 2.18. The zero-order chi connectivity index (χ0) is 16.4. The highest BCUT2D eigenvalue weighted by Crippen LogP contribution is 2.18. The van der Waals surface area contributed by atoms with Gasteiger partial charge in [0.25, 0.3) is 11.2 Å². The van der Waals surface area contributed by atoms with Crippen LogP contribution in [0, 0.1) is 10.1 Å². The Bertz CT molecular complexity index is 824. The summed E-state index contributed by atoms with van der Waals surface area (Å²) in [6.45, 7) is -0.138. The van der Waals surface area contributed by atoms with Gasteiger partial charge in [-0.1, -0.05) is 12.8 Å². The van der Waals surface area contributed by atoms with Crippen molar-refractivity contribution in [2.24, 2.45) is 0 Å². The van der Waals surface area contributed by atoms with Gasteiger partial charge in [-0.05, 0) is 18.9 Å². The van der Waals surface area contributed by atoms with Crippen LogP contribution in [0.5, 0.6) is 0 Å². The minimum absolute atomic E-state index is 0.135. The number of nitro benzene ring substituents is 1. The number of aromatic nitrogens is 2. The van der Waals surface area contributed by atoms with Gasteiger partial charge in [-0.25, -0.2) is 4.98 Å². The smallest absolute Gasteiger partial charge is 0.270 e. The molecule has 0 aliphatic heterocycles. The van der Waals surface area contributed by atoms with Crippen LogP contribution < -0.4 is 10.9 Å². The number of carbonyl (C=O) groups excluding carboxylic acids is 1. The van der Waals surface area contributed by atoms with Crippen molar-refractivity contribution in [1.82, 2.24) is 14.9 Å². The molecule has 1 fully saturated rings. The molecule has 0 radical (unpaired) electrons. The third kappa shape index (κ3) is 3.20. The van der Waals surface area contributed by atoms with Gasteiger partial charge in [0.05, 0.1) is 22.2 Å². The first-order chi connectivity index (χ1) is 11.0. The maximum absolute atomic E-state index is 12.4. The Morgan fingerprint density at radius 3 is 2.83 bits per heavy atom. The fourth-order valence-electron chi connectivity index (χ4n) is 2.87. The van der Waals surface area contributed by atoms with Gasteiger partial charge in [0.2, 0.25) is 5.91 Å². The summed E-state index contributed by atoms with van der Waals surface area (Å²) in [5, 5.41) is 13.9. The number of rotatable bonds is 4. The Labute approximate surface area is 131 Å². The minimum Gasteiger partial charge on any atom is -0.352 e. The molecule has 3 rings (SSSR count). The molecule has 0 atom stereocenters. The molecule has 1 saturated carbocycles. The number of non-ortho nitro benzene ring substituents is 1. The van der Waals surface area contributed by atoms with Crippen molar-refractivity contribution in [3.8, 4) is 0 Å². The van der Waals surface area contributed by atoms with Crippen LogP contribution >= 0.6 is 0 Å². The number of nitrogens with zero attached hydrogens (tertiary/aromatic N) is 3. The summed E-state index contributed by atoms with van der Waals surface area (Å²) in [7, 11) is 0. The summed E-state index contributed by atoms with van der Waals surface area (Å²) in [5.74, 6) is -0.245. The van der Waals surface area contributed by atoms with E-state index in [4.69, 9.17) is 0 Å². The number of nitrogens with one attached hydrogen (secondary N) is 1. The van der Waals surface area contributed by atoms with Gasteiger partial charge in [-0.3, -0.25) is 24.3 Å². The fourth-order valence-corrected chi connectivity index (χ4v) is 2.87.